The monoisotopic (exact) mass is 287 g/mol. The van der Waals surface area contributed by atoms with Crippen molar-refractivity contribution in [3.05, 3.63) is 53.6 Å². The number of amides is 1. The highest BCUT2D eigenvalue weighted by Crippen LogP contribution is 2.31. The SMILES string of the molecule is Cn1cc(C2CCCCN2C(=O)c2cccc(F)c2)cn1. The van der Waals surface area contributed by atoms with Crippen molar-refractivity contribution in [3.63, 3.8) is 0 Å². The van der Waals surface area contributed by atoms with E-state index in [0.717, 1.165) is 24.8 Å². The summed E-state index contributed by atoms with van der Waals surface area (Å²) in [7, 11) is 1.87. The van der Waals surface area contributed by atoms with E-state index in [9.17, 15) is 9.18 Å². The molecule has 0 saturated carbocycles. The lowest BCUT2D eigenvalue weighted by atomic mass is 9.96. The zero-order valence-corrected chi connectivity index (χ0v) is 12.0. The van der Waals surface area contributed by atoms with E-state index in [-0.39, 0.29) is 17.8 Å². The zero-order valence-electron chi connectivity index (χ0n) is 12.0. The number of piperidine rings is 1. The van der Waals surface area contributed by atoms with Crippen LogP contribution >= 0.6 is 0 Å². The van der Waals surface area contributed by atoms with Crippen LogP contribution in [0, 0.1) is 5.82 Å². The predicted molar refractivity (Wildman–Crippen MR) is 77.2 cm³/mol. The van der Waals surface area contributed by atoms with E-state index in [1.165, 1.54) is 12.1 Å². The van der Waals surface area contributed by atoms with Gasteiger partial charge in [0.1, 0.15) is 5.82 Å². The predicted octanol–water partition coefficient (Wildman–Crippen LogP) is 2.93. The first-order valence-electron chi connectivity index (χ1n) is 7.20. The van der Waals surface area contributed by atoms with E-state index in [1.54, 1.807) is 16.8 Å². The molecule has 1 aromatic heterocycles. The van der Waals surface area contributed by atoms with Gasteiger partial charge in [0, 0.05) is 30.9 Å². The third-order valence-corrected chi connectivity index (χ3v) is 3.94. The molecule has 1 aromatic carbocycles. The number of carbonyl (C=O) groups excluding carboxylic acids is 1. The highest BCUT2D eigenvalue weighted by atomic mass is 19.1. The van der Waals surface area contributed by atoms with E-state index in [4.69, 9.17) is 0 Å². The van der Waals surface area contributed by atoms with Crippen molar-refractivity contribution in [2.45, 2.75) is 25.3 Å². The Morgan fingerprint density at radius 2 is 2.24 bits per heavy atom. The molecule has 0 radical (unpaired) electrons. The van der Waals surface area contributed by atoms with E-state index < -0.39 is 0 Å². The molecular weight excluding hydrogens is 269 g/mol. The Morgan fingerprint density at radius 1 is 1.38 bits per heavy atom. The van der Waals surface area contributed by atoms with Crippen molar-refractivity contribution in [1.29, 1.82) is 0 Å². The van der Waals surface area contributed by atoms with Gasteiger partial charge in [-0.15, -0.1) is 0 Å². The molecule has 0 aliphatic carbocycles. The fourth-order valence-electron chi connectivity index (χ4n) is 2.92. The lowest BCUT2D eigenvalue weighted by Crippen LogP contribution is -2.38. The molecule has 1 unspecified atom stereocenters. The summed E-state index contributed by atoms with van der Waals surface area (Å²) in [4.78, 5) is 14.5. The number of rotatable bonds is 2. The first-order chi connectivity index (χ1) is 10.1. The Bertz CT molecular complexity index is 652. The Morgan fingerprint density at radius 3 is 2.95 bits per heavy atom. The average molecular weight is 287 g/mol. The highest BCUT2D eigenvalue weighted by molar-refractivity contribution is 5.94. The van der Waals surface area contributed by atoms with Crippen LogP contribution in [0.2, 0.25) is 0 Å². The van der Waals surface area contributed by atoms with Gasteiger partial charge in [-0.1, -0.05) is 6.07 Å². The molecule has 2 heterocycles. The molecule has 1 fully saturated rings. The van der Waals surface area contributed by atoms with Crippen LogP contribution in [0.1, 0.15) is 41.2 Å². The number of hydrogen-bond donors (Lipinski definition) is 0. The van der Waals surface area contributed by atoms with Gasteiger partial charge in [-0.2, -0.15) is 5.10 Å². The highest BCUT2D eigenvalue weighted by Gasteiger charge is 2.29. The molecule has 21 heavy (non-hydrogen) atoms. The Labute approximate surface area is 123 Å². The Balaban J connectivity index is 1.89. The quantitative estimate of drug-likeness (QED) is 0.851. The van der Waals surface area contributed by atoms with Crippen LogP contribution in [0.5, 0.6) is 0 Å². The molecule has 1 aliphatic rings. The first kappa shape index (κ1) is 13.8. The van der Waals surface area contributed by atoms with Crippen LogP contribution < -0.4 is 0 Å². The summed E-state index contributed by atoms with van der Waals surface area (Å²) in [6.45, 7) is 0.703. The molecule has 0 bridgehead atoms. The van der Waals surface area contributed by atoms with Crippen LogP contribution in [-0.4, -0.2) is 27.1 Å². The van der Waals surface area contributed by atoms with Gasteiger partial charge in [0.2, 0.25) is 0 Å². The summed E-state index contributed by atoms with van der Waals surface area (Å²) < 4.78 is 15.1. The minimum Gasteiger partial charge on any atom is -0.331 e. The Kier molecular flexibility index (Phi) is 3.73. The van der Waals surface area contributed by atoms with Crippen molar-refractivity contribution >= 4 is 5.91 Å². The molecular formula is C16H18FN3O. The molecule has 1 atom stereocenters. The minimum atomic E-state index is -0.379. The van der Waals surface area contributed by atoms with Crippen molar-refractivity contribution in [3.8, 4) is 0 Å². The third-order valence-electron chi connectivity index (χ3n) is 3.94. The lowest BCUT2D eigenvalue weighted by Gasteiger charge is -2.35. The zero-order chi connectivity index (χ0) is 14.8. The third kappa shape index (κ3) is 2.82. The van der Waals surface area contributed by atoms with Gasteiger partial charge < -0.3 is 4.90 Å². The molecule has 3 rings (SSSR count). The molecule has 5 heteroatoms. The number of halogens is 1. The van der Waals surface area contributed by atoms with Gasteiger partial charge >= 0.3 is 0 Å². The number of aromatic nitrogens is 2. The second-order valence-electron chi connectivity index (χ2n) is 5.47. The van der Waals surface area contributed by atoms with E-state index >= 15 is 0 Å². The lowest BCUT2D eigenvalue weighted by molar-refractivity contribution is 0.0611. The fourth-order valence-corrected chi connectivity index (χ4v) is 2.92. The summed E-state index contributed by atoms with van der Waals surface area (Å²) in [5, 5.41) is 4.19. The fraction of sp³-hybridized carbons (Fsp3) is 0.375. The van der Waals surface area contributed by atoms with Crippen molar-refractivity contribution in [2.75, 3.05) is 6.54 Å². The number of benzene rings is 1. The number of nitrogens with zero attached hydrogens (tertiary/aromatic N) is 3. The molecule has 2 aromatic rings. The molecule has 1 amide bonds. The minimum absolute atomic E-state index is 0.0308. The van der Waals surface area contributed by atoms with Gasteiger partial charge in [0.05, 0.1) is 12.2 Å². The van der Waals surface area contributed by atoms with Crippen LogP contribution in [0.15, 0.2) is 36.7 Å². The average Bonchev–Trinajstić information content (AvgIpc) is 2.93. The molecule has 1 saturated heterocycles. The maximum atomic E-state index is 13.3. The van der Waals surface area contributed by atoms with Crippen LogP contribution in [0.4, 0.5) is 4.39 Å². The summed E-state index contributed by atoms with van der Waals surface area (Å²) in [6, 6.07) is 5.93. The summed E-state index contributed by atoms with van der Waals surface area (Å²) >= 11 is 0. The van der Waals surface area contributed by atoms with Gasteiger partial charge in [0.15, 0.2) is 0 Å². The second-order valence-corrected chi connectivity index (χ2v) is 5.47. The standard InChI is InChI=1S/C16H18FN3O/c1-19-11-13(10-18-19)15-7-2-3-8-20(15)16(21)12-5-4-6-14(17)9-12/h4-6,9-11,15H,2-3,7-8H2,1H3. The topological polar surface area (TPSA) is 38.1 Å². The van der Waals surface area contributed by atoms with Gasteiger partial charge in [-0.3, -0.25) is 9.48 Å². The van der Waals surface area contributed by atoms with Crippen molar-refractivity contribution in [2.24, 2.45) is 7.05 Å². The van der Waals surface area contributed by atoms with Crippen molar-refractivity contribution in [1.82, 2.24) is 14.7 Å². The molecule has 0 N–H and O–H groups in total. The van der Waals surface area contributed by atoms with Crippen LogP contribution in [0.3, 0.4) is 0 Å². The molecule has 110 valence electrons. The largest absolute Gasteiger partial charge is 0.331 e. The van der Waals surface area contributed by atoms with Gasteiger partial charge in [-0.05, 0) is 37.5 Å². The van der Waals surface area contributed by atoms with E-state index in [0.29, 0.717) is 12.1 Å². The normalized spacial score (nSPS) is 18.8. The van der Waals surface area contributed by atoms with E-state index in [2.05, 4.69) is 5.10 Å². The smallest absolute Gasteiger partial charge is 0.254 e. The number of aryl methyl sites for hydroxylation is 1. The van der Waals surface area contributed by atoms with Crippen LogP contribution in [-0.2, 0) is 7.05 Å². The van der Waals surface area contributed by atoms with Gasteiger partial charge in [0.25, 0.3) is 5.91 Å². The number of carbonyl (C=O) groups is 1. The summed E-state index contributed by atoms with van der Waals surface area (Å²) in [5.41, 5.74) is 1.45. The summed E-state index contributed by atoms with van der Waals surface area (Å²) in [6.07, 6.45) is 6.75. The number of likely N-dealkylation sites (tertiary alicyclic amines) is 1. The maximum absolute atomic E-state index is 13.3. The molecule has 0 spiro atoms. The Hall–Kier alpha value is -2.17. The maximum Gasteiger partial charge on any atom is 0.254 e. The van der Waals surface area contributed by atoms with E-state index in [1.807, 2.05) is 24.3 Å². The first-order valence-corrected chi connectivity index (χ1v) is 7.20. The molecule has 1 aliphatic heterocycles. The van der Waals surface area contributed by atoms with Crippen molar-refractivity contribution < 1.29 is 9.18 Å². The van der Waals surface area contributed by atoms with Gasteiger partial charge in [-0.25, -0.2) is 4.39 Å². The molecule has 4 nitrogen and oxygen atoms in total. The number of hydrogen-bond acceptors (Lipinski definition) is 2. The van der Waals surface area contributed by atoms with Crippen LogP contribution in [0.25, 0.3) is 0 Å². The second kappa shape index (κ2) is 5.68. The summed E-state index contributed by atoms with van der Waals surface area (Å²) in [5.74, 6) is -0.487.